The van der Waals surface area contributed by atoms with Crippen molar-refractivity contribution in [2.45, 2.75) is 39.6 Å². The van der Waals surface area contributed by atoms with Crippen molar-refractivity contribution in [1.82, 2.24) is 29.9 Å². The lowest BCUT2D eigenvalue weighted by molar-refractivity contribution is 0.0505. The maximum atomic E-state index is 12.3. The Bertz CT molecular complexity index is 2750. The van der Waals surface area contributed by atoms with Gasteiger partial charge >= 0.3 is 0 Å². The van der Waals surface area contributed by atoms with Crippen LogP contribution in [0.1, 0.15) is 65.9 Å². The molecule has 406 valence electrons. The molecule has 5 N–H and O–H groups in total. The van der Waals surface area contributed by atoms with Gasteiger partial charge in [0.15, 0.2) is 0 Å². The second-order valence-corrected chi connectivity index (χ2v) is 22.8. The number of benzene rings is 5. The maximum Gasteiger partial charge on any atom is 0.294 e. The molecule has 15 nitrogen and oxygen atoms in total. The van der Waals surface area contributed by atoms with Crippen LogP contribution < -0.4 is 20.1 Å². The van der Waals surface area contributed by atoms with Crippen LogP contribution in [0.5, 0.6) is 0 Å². The third-order valence-corrected chi connectivity index (χ3v) is 15.7. The Morgan fingerprint density at radius 3 is 1.51 bits per heavy atom. The topological polar surface area (TPSA) is 180 Å². The highest BCUT2D eigenvalue weighted by Gasteiger charge is 2.28. The summed E-state index contributed by atoms with van der Waals surface area (Å²) in [6.45, 7) is 9.95. The van der Waals surface area contributed by atoms with Crippen molar-refractivity contribution in [1.29, 1.82) is 0 Å². The lowest BCUT2D eigenvalue weighted by Gasteiger charge is -2.33. The van der Waals surface area contributed by atoms with Gasteiger partial charge in [0.25, 0.3) is 16.0 Å². The highest BCUT2D eigenvalue weighted by Crippen LogP contribution is 2.40. The largest absolute Gasteiger partial charge is 0.378 e. The van der Waals surface area contributed by atoms with E-state index in [1.165, 1.54) is 50.7 Å². The molecular formula is C53H64Cl4N6O9S3. The van der Waals surface area contributed by atoms with Crippen molar-refractivity contribution in [3.63, 3.8) is 0 Å². The van der Waals surface area contributed by atoms with Gasteiger partial charge in [-0.1, -0.05) is 70.7 Å². The van der Waals surface area contributed by atoms with Gasteiger partial charge in [0.1, 0.15) is 6.29 Å². The Morgan fingerprint density at radius 2 is 1.08 bits per heavy atom. The van der Waals surface area contributed by atoms with E-state index in [9.17, 15) is 22.6 Å². The number of ether oxygens (including phenoxy) is 4. The van der Waals surface area contributed by atoms with Gasteiger partial charge < -0.3 is 39.4 Å². The first-order chi connectivity index (χ1) is 36.1. The summed E-state index contributed by atoms with van der Waals surface area (Å²) in [7, 11) is 1.58. The highest BCUT2D eigenvalue weighted by atomic mass is 35.5. The van der Waals surface area contributed by atoms with E-state index < -0.39 is 20.9 Å². The van der Waals surface area contributed by atoms with Crippen LogP contribution in [0.3, 0.4) is 0 Å². The van der Waals surface area contributed by atoms with E-state index in [1.807, 2.05) is 19.2 Å². The Hall–Kier alpha value is -3.35. The Labute approximate surface area is 469 Å². The molecule has 5 aromatic carbocycles. The molecule has 0 bridgehead atoms. The molecule has 0 fully saturated rings. The molecule has 75 heavy (non-hydrogen) atoms. The third kappa shape index (κ3) is 19.5. The fourth-order valence-corrected chi connectivity index (χ4v) is 11.4. The molecule has 5 aromatic rings. The Morgan fingerprint density at radius 1 is 0.640 bits per heavy atom. The minimum Gasteiger partial charge on any atom is -0.378 e. The molecule has 0 saturated heterocycles. The number of carbonyl (C=O) groups is 2. The number of rotatable bonds is 27. The number of halogens is 4. The monoisotopic (exact) mass is 1160 g/mol. The predicted molar refractivity (Wildman–Crippen MR) is 301 cm³/mol. The first-order valence-electron chi connectivity index (χ1n) is 24.3. The molecular weight excluding hydrogens is 1100 g/mol. The molecule has 0 spiro atoms. The third-order valence-electron chi connectivity index (χ3n) is 12.0. The van der Waals surface area contributed by atoms with Crippen molar-refractivity contribution < 1.29 is 41.5 Å². The Balaban J connectivity index is 0.000000259. The number of amides is 1. The van der Waals surface area contributed by atoms with Crippen molar-refractivity contribution in [3.05, 3.63) is 156 Å². The summed E-state index contributed by atoms with van der Waals surface area (Å²) < 4.78 is 60.6. The number of nitrogens with zero attached hydrogens (tertiary/aromatic N) is 2. The summed E-state index contributed by atoms with van der Waals surface area (Å²) in [5.74, 6) is -0.139. The summed E-state index contributed by atoms with van der Waals surface area (Å²) in [4.78, 5) is 29.6. The number of aldehydes is 1. The van der Waals surface area contributed by atoms with Gasteiger partial charge in [0.2, 0.25) is 0 Å². The van der Waals surface area contributed by atoms with Gasteiger partial charge in [0.05, 0.1) is 57.8 Å². The average molecular weight is 1170 g/mol. The van der Waals surface area contributed by atoms with Gasteiger partial charge in [0, 0.05) is 105 Å². The molecule has 22 heteroatoms. The molecule has 2 aliphatic rings. The molecule has 0 aromatic heterocycles. The maximum absolute atomic E-state index is 12.3. The number of carbonyl (C=O) groups excluding carboxylic acids is 2. The van der Waals surface area contributed by atoms with E-state index in [2.05, 4.69) is 98.6 Å². The molecule has 7 rings (SSSR count). The smallest absolute Gasteiger partial charge is 0.294 e. The SMILES string of the molecule is CN1Cc2c(Cl)cc(Cl)cc2C(c2ccc(SNCCOCCOCCNC(=O)c3cc(C=O)cc(S(=O)(=O)O)c3)cc2)C1.CNCCOCCOCCNSc1ccc(C2CN(C)Cc3c(Cl)cc(Cl)cc32)cc1. The Kier molecular flexibility index (Phi) is 25.4. The van der Waals surface area contributed by atoms with E-state index in [0.717, 1.165) is 66.9 Å². The van der Waals surface area contributed by atoms with E-state index in [1.54, 1.807) is 18.0 Å². The molecule has 0 saturated carbocycles. The molecule has 0 aliphatic carbocycles. The van der Waals surface area contributed by atoms with Crippen LogP contribution >= 0.6 is 70.3 Å². The summed E-state index contributed by atoms with van der Waals surface area (Å²) in [5.41, 5.74) is 7.10. The van der Waals surface area contributed by atoms with Gasteiger partial charge in [-0.15, -0.1) is 0 Å². The van der Waals surface area contributed by atoms with Crippen LogP contribution in [-0.2, 0) is 42.2 Å². The van der Waals surface area contributed by atoms with Gasteiger partial charge in [-0.25, -0.2) is 0 Å². The van der Waals surface area contributed by atoms with Gasteiger partial charge in [-0.2, -0.15) is 8.42 Å². The number of hydrogen-bond donors (Lipinski definition) is 5. The fourth-order valence-electron chi connectivity index (χ4n) is 8.42. The second kappa shape index (κ2) is 31.3. The number of likely N-dealkylation sites (N-methyl/N-ethyl adjacent to an activating group) is 3. The molecule has 0 radical (unpaired) electrons. The zero-order valence-corrected chi connectivity index (χ0v) is 47.5. The van der Waals surface area contributed by atoms with Crippen molar-refractivity contribution in [2.24, 2.45) is 0 Å². The summed E-state index contributed by atoms with van der Waals surface area (Å²) in [5, 5.41) is 8.42. The predicted octanol–water partition coefficient (Wildman–Crippen LogP) is 9.11. The second-order valence-electron chi connectivity index (χ2n) is 17.7. The normalized spacial score (nSPS) is 15.7. The first kappa shape index (κ1) is 60.9. The highest BCUT2D eigenvalue weighted by molar-refractivity contribution is 7.97. The van der Waals surface area contributed by atoms with Crippen LogP contribution in [0.2, 0.25) is 20.1 Å². The first-order valence-corrected chi connectivity index (χ1v) is 28.9. The summed E-state index contributed by atoms with van der Waals surface area (Å²) >= 11 is 28.7. The van der Waals surface area contributed by atoms with Crippen LogP contribution in [0, 0.1) is 0 Å². The lowest BCUT2D eigenvalue weighted by Crippen LogP contribution is -2.31. The molecule has 2 atom stereocenters. The van der Waals surface area contributed by atoms with Gasteiger partial charge in [-0.05, 0) is 145 Å². The molecule has 2 aliphatic heterocycles. The van der Waals surface area contributed by atoms with Crippen molar-refractivity contribution in [3.8, 4) is 0 Å². The van der Waals surface area contributed by atoms with Crippen molar-refractivity contribution >= 4 is 92.6 Å². The standard InChI is InChI=1S/C30H33Cl2N3O7S2.C23H31Cl2N3O2S/c1-35-17-27(26-15-23(31)16-29(32)28(26)18-35)21-2-4-24(5-3-21)43-34-7-9-42-11-10-41-8-6-33-30(37)22-12-20(19-36)13-25(14-22)44(38,39)40;1-26-7-9-29-11-12-30-10-8-27-31-19-5-3-17(4-6-19)21-15-28(2)16-22-20(21)13-18(24)14-23(22)25/h2-5,12-16,19,27,34H,6-11,17-18H2,1H3,(H,33,37)(H,38,39,40);3-6,13-14,21,26-27H,7-12,15-16H2,1-2H3. The van der Waals surface area contributed by atoms with E-state index in [-0.39, 0.29) is 36.1 Å². The number of fused-ring (bicyclic) bond motifs is 2. The fraction of sp³-hybridized carbons (Fsp3) is 0.396. The van der Waals surface area contributed by atoms with Crippen LogP contribution in [0.25, 0.3) is 0 Å². The minimum atomic E-state index is -4.56. The summed E-state index contributed by atoms with van der Waals surface area (Å²) in [6, 6.07) is 28.1. The number of hydrogen-bond acceptors (Lipinski definition) is 15. The summed E-state index contributed by atoms with van der Waals surface area (Å²) in [6.07, 6.45) is 0.393. The van der Waals surface area contributed by atoms with Crippen LogP contribution in [0.4, 0.5) is 0 Å². The zero-order chi connectivity index (χ0) is 53.7. The lowest BCUT2D eigenvalue weighted by atomic mass is 9.85. The average Bonchev–Trinajstić information content (AvgIpc) is 3.38. The molecule has 2 unspecified atom stereocenters. The van der Waals surface area contributed by atoms with E-state index in [0.29, 0.717) is 74.1 Å². The van der Waals surface area contributed by atoms with Crippen LogP contribution in [-0.4, -0.2) is 148 Å². The van der Waals surface area contributed by atoms with Crippen molar-refractivity contribution in [2.75, 3.05) is 113 Å². The van der Waals surface area contributed by atoms with Crippen LogP contribution in [0.15, 0.2) is 106 Å². The van der Waals surface area contributed by atoms with Gasteiger partial charge in [-0.3, -0.25) is 23.6 Å². The van der Waals surface area contributed by atoms with E-state index in [4.69, 9.17) is 65.4 Å². The quantitative estimate of drug-likeness (QED) is 0.0145. The zero-order valence-electron chi connectivity index (χ0n) is 42.1. The molecule has 2 heterocycles. The van der Waals surface area contributed by atoms with E-state index >= 15 is 0 Å². The molecule has 1 amide bonds. The number of nitrogens with one attached hydrogen (secondary N) is 4. The minimum absolute atomic E-state index is 0.0454.